The monoisotopic (exact) mass is 454 g/mol. The molecule has 0 aliphatic heterocycles. The van der Waals surface area contributed by atoms with Gasteiger partial charge in [0.2, 0.25) is 5.91 Å². The van der Waals surface area contributed by atoms with Crippen LogP contribution >= 0.6 is 0 Å². The third-order valence-corrected chi connectivity index (χ3v) is 5.57. The highest BCUT2D eigenvalue weighted by atomic mass is 16.5. The fourth-order valence-electron chi connectivity index (χ4n) is 3.94. The molecule has 0 saturated carbocycles. The van der Waals surface area contributed by atoms with Crippen molar-refractivity contribution in [3.05, 3.63) is 59.7 Å². The van der Waals surface area contributed by atoms with Crippen LogP contribution in [0.3, 0.4) is 0 Å². The zero-order valence-corrected chi connectivity index (χ0v) is 18.7. The van der Waals surface area contributed by atoms with Gasteiger partial charge >= 0.3 is 12.1 Å². The molecule has 0 saturated heterocycles. The van der Waals surface area contributed by atoms with Crippen molar-refractivity contribution in [3.63, 3.8) is 0 Å². The number of carbonyl (C=O) groups is 3. The Hall–Kier alpha value is -3.39. The molecule has 3 rings (SSSR count). The molecule has 0 unspecified atom stereocenters. The number of benzene rings is 2. The Balaban J connectivity index is 1.36. The van der Waals surface area contributed by atoms with E-state index in [1.165, 1.54) is 0 Å². The highest BCUT2D eigenvalue weighted by molar-refractivity contribution is 5.84. The van der Waals surface area contributed by atoms with Gasteiger partial charge in [-0.1, -0.05) is 68.3 Å². The van der Waals surface area contributed by atoms with Crippen LogP contribution in [0.25, 0.3) is 11.1 Å². The van der Waals surface area contributed by atoms with Crippen molar-refractivity contribution in [2.24, 2.45) is 0 Å². The largest absolute Gasteiger partial charge is 0.480 e. The number of unbranched alkanes of at least 4 members (excludes halogenated alkanes) is 1. The number of fused-ring (bicyclic) bond motifs is 3. The quantitative estimate of drug-likeness (QED) is 0.424. The maximum atomic E-state index is 12.1. The second-order valence-electron chi connectivity index (χ2n) is 7.91. The molecule has 0 spiro atoms. The van der Waals surface area contributed by atoms with E-state index in [-0.39, 0.29) is 32.3 Å². The first kappa shape index (κ1) is 24.3. The van der Waals surface area contributed by atoms with E-state index in [9.17, 15) is 14.4 Å². The van der Waals surface area contributed by atoms with Gasteiger partial charge < -0.3 is 25.2 Å². The van der Waals surface area contributed by atoms with Gasteiger partial charge in [-0.15, -0.1) is 0 Å². The van der Waals surface area contributed by atoms with Crippen molar-refractivity contribution in [2.75, 3.05) is 26.4 Å². The number of hydrogen-bond acceptors (Lipinski definition) is 5. The zero-order valence-electron chi connectivity index (χ0n) is 18.7. The summed E-state index contributed by atoms with van der Waals surface area (Å²) in [5, 5.41) is 14.2. The number of carboxylic acid groups (broad SMARTS) is 1. The summed E-state index contributed by atoms with van der Waals surface area (Å²) < 4.78 is 10.7. The number of carboxylic acids is 1. The normalized spacial score (nSPS) is 13.0. The molecule has 33 heavy (non-hydrogen) atoms. The van der Waals surface area contributed by atoms with E-state index >= 15 is 0 Å². The van der Waals surface area contributed by atoms with E-state index in [4.69, 9.17) is 14.6 Å². The van der Waals surface area contributed by atoms with Gasteiger partial charge in [0, 0.05) is 12.5 Å². The van der Waals surface area contributed by atoms with E-state index in [1.54, 1.807) is 0 Å². The Morgan fingerprint density at radius 2 is 1.67 bits per heavy atom. The summed E-state index contributed by atoms with van der Waals surface area (Å²) in [7, 11) is 0. The molecule has 1 aliphatic rings. The SMILES string of the molecule is CCCC[C@H](NC(=O)COCCNC(=O)OCC1c2ccccc2-c2ccccc21)C(=O)O. The molecule has 8 nitrogen and oxygen atoms in total. The smallest absolute Gasteiger partial charge is 0.407 e. The first-order valence-corrected chi connectivity index (χ1v) is 11.2. The van der Waals surface area contributed by atoms with Crippen LogP contribution in [-0.4, -0.2) is 55.5 Å². The molecule has 0 fully saturated rings. The number of nitrogens with one attached hydrogen (secondary N) is 2. The number of aliphatic carboxylic acids is 1. The molecule has 0 radical (unpaired) electrons. The minimum Gasteiger partial charge on any atom is -0.480 e. The van der Waals surface area contributed by atoms with Crippen LogP contribution in [0.15, 0.2) is 48.5 Å². The Labute approximate surface area is 193 Å². The zero-order chi connectivity index (χ0) is 23.6. The van der Waals surface area contributed by atoms with Crippen LogP contribution in [0.2, 0.25) is 0 Å². The summed E-state index contributed by atoms with van der Waals surface area (Å²) in [5.41, 5.74) is 4.60. The molecule has 1 aliphatic carbocycles. The highest BCUT2D eigenvalue weighted by Crippen LogP contribution is 2.44. The number of ether oxygens (including phenoxy) is 2. The molecule has 0 aromatic heterocycles. The van der Waals surface area contributed by atoms with Gasteiger partial charge in [-0.3, -0.25) is 4.79 Å². The Kier molecular flexibility index (Phi) is 8.83. The summed E-state index contributed by atoms with van der Waals surface area (Å²) in [6.45, 7) is 2.17. The standard InChI is InChI=1S/C25H30N2O6/c1-2-3-12-22(24(29)30)27-23(28)16-32-14-13-26-25(31)33-15-21-19-10-6-4-8-17(19)18-9-5-7-11-20(18)21/h4-11,21-22H,2-3,12-16H2,1H3,(H,26,31)(H,27,28)(H,29,30)/t22-/m0/s1. The molecule has 8 heteroatoms. The van der Waals surface area contributed by atoms with Crippen molar-refractivity contribution >= 4 is 18.0 Å². The maximum absolute atomic E-state index is 12.1. The minimum atomic E-state index is -1.06. The van der Waals surface area contributed by atoms with Crippen LogP contribution in [0.1, 0.15) is 43.2 Å². The van der Waals surface area contributed by atoms with Crippen LogP contribution in [0, 0.1) is 0 Å². The van der Waals surface area contributed by atoms with Gasteiger partial charge in [-0.05, 0) is 28.7 Å². The predicted octanol–water partition coefficient (Wildman–Crippen LogP) is 3.30. The van der Waals surface area contributed by atoms with E-state index < -0.39 is 24.0 Å². The Bertz CT molecular complexity index is 931. The third kappa shape index (κ3) is 6.55. The summed E-state index contributed by atoms with van der Waals surface area (Å²) in [6, 6.07) is 15.3. The molecular weight excluding hydrogens is 424 g/mol. The molecule has 2 aromatic carbocycles. The fourth-order valence-corrected chi connectivity index (χ4v) is 3.94. The topological polar surface area (TPSA) is 114 Å². The summed E-state index contributed by atoms with van der Waals surface area (Å²) in [6.07, 6.45) is 1.37. The summed E-state index contributed by atoms with van der Waals surface area (Å²) >= 11 is 0. The molecule has 2 aromatic rings. The van der Waals surface area contributed by atoms with Crippen molar-refractivity contribution in [3.8, 4) is 11.1 Å². The second kappa shape index (κ2) is 12.0. The lowest BCUT2D eigenvalue weighted by molar-refractivity contribution is -0.142. The molecule has 2 amide bonds. The summed E-state index contributed by atoms with van der Waals surface area (Å²) in [4.78, 5) is 35.1. The lowest BCUT2D eigenvalue weighted by atomic mass is 9.98. The van der Waals surface area contributed by atoms with Gasteiger partial charge in [0.15, 0.2) is 0 Å². The predicted molar refractivity (Wildman–Crippen MR) is 123 cm³/mol. The number of alkyl carbamates (subject to hydrolysis) is 1. The van der Waals surface area contributed by atoms with Gasteiger partial charge in [0.25, 0.3) is 0 Å². The number of hydrogen-bond donors (Lipinski definition) is 3. The fraction of sp³-hybridized carbons (Fsp3) is 0.400. The molecule has 0 heterocycles. The van der Waals surface area contributed by atoms with E-state index in [0.717, 1.165) is 28.7 Å². The number of rotatable bonds is 12. The first-order chi connectivity index (χ1) is 16.0. The Morgan fingerprint density at radius 3 is 2.27 bits per heavy atom. The molecule has 1 atom stereocenters. The molecular formula is C25H30N2O6. The number of carbonyl (C=O) groups excluding carboxylic acids is 2. The van der Waals surface area contributed by atoms with E-state index in [0.29, 0.717) is 12.8 Å². The molecule has 0 bridgehead atoms. The number of amides is 2. The van der Waals surface area contributed by atoms with Gasteiger partial charge in [0.1, 0.15) is 19.3 Å². The maximum Gasteiger partial charge on any atom is 0.407 e. The van der Waals surface area contributed by atoms with Gasteiger partial charge in [0.05, 0.1) is 6.61 Å². The van der Waals surface area contributed by atoms with Gasteiger partial charge in [-0.2, -0.15) is 0 Å². The van der Waals surface area contributed by atoms with Crippen LogP contribution in [0.4, 0.5) is 4.79 Å². The molecule has 176 valence electrons. The van der Waals surface area contributed by atoms with Gasteiger partial charge in [-0.25, -0.2) is 9.59 Å². The van der Waals surface area contributed by atoms with Crippen LogP contribution < -0.4 is 10.6 Å². The van der Waals surface area contributed by atoms with E-state index in [2.05, 4.69) is 34.9 Å². The first-order valence-electron chi connectivity index (χ1n) is 11.2. The third-order valence-electron chi connectivity index (χ3n) is 5.57. The average molecular weight is 455 g/mol. The minimum absolute atomic E-state index is 0.0158. The lowest BCUT2D eigenvalue weighted by Gasteiger charge is -2.15. The van der Waals surface area contributed by atoms with Crippen molar-refractivity contribution in [2.45, 2.75) is 38.1 Å². The molecule has 3 N–H and O–H groups in total. The second-order valence-corrected chi connectivity index (χ2v) is 7.91. The Morgan fingerprint density at radius 1 is 1.03 bits per heavy atom. The van der Waals surface area contributed by atoms with E-state index in [1.807, 2.05) is 31.2 Å². The van der Waals surface area contributed by atoms with Crippen molar-refractivity contribution in [1.29, 1.82) is 0 Å². The van der Waals surface area contributed by atoms with Crippen LogP contribution in [0.5, 0.6) is 0 Å². The van der Waals surface area contributed by atoms with Crippen LogP contribution in [-0.2, 0) is 19.1 Å². The average Bonchev–Trinajstić information content (AvgIpc) is 3.13. The lowest BCUT2D eigenvalue weighted by Crippen LogP contribution is -2.42. The summed E-state index contributed by atoms with van der Waals surface area (Å²) in [5.74, 6) is -1.58. The highest BCUT2D eigenvalue weighted by Gasteiger charge is 2.29. The van der Waals surface area contributed by atoms with Crippen molar-refractivity contribution in [1.82, 2.24) is 10.6 Å². The van der Waals surface area contributed by atoms with Crippen molar-refractivity contribution < 1.29 is 29.0 Å².